The molecule has 1 rings (SSSR count). The predicted molar refractivity (Wildman–Crippen MR) is 77.5 cm³/mol. The van der Waals surface area contributed by atoms with E-state index >= 15 is 0 Å². The molecule has 1 aromatic rings. The average Bonchev–Trinajstić information content (AvgIpc) is 2.46. The van der Waals surface area contributed by atoms with Gasteiger partial charge in [0.05, 0.1) is 18.7 Å². The Kier molecular flexibility index (Phi) is 6.86. The molecule has 0 bridgehead atoms. The van der Waals surface area contributed by atoms with E-state index in [1.807, 2.05) is 0 Å². The number of hydrogen-bond acceptors (Lipinski definition) is 5. The Morgan fingerprint density at radius 1 is 1.55 bits per heavy atom. The van der Waals surface area contributed by atoms with Gasteiger partial charge in [-0.05, 0) is 39.2 Å². The fraction of sp³-hybridized carbons (Fsp3) is 0.417. The van der Waals surface area contributed by atoms with Crippen molar-refractivity contribution in [1.82, 2.24) is 5.32 Å². The summed E-state index contributed by atoms with van der Waals surface area (Å²) in [5, 5.41) is 6.39. The number of nitrogens with zero attached hydrogens (tertiary/aromatic N) is 3. The van der Waals surface area contributed by atoms with Crippen LogP contribution in [0.15, 0.2) is 27.8 Å². The van der Waals surface area contributed by atoms with E-state index in [9.17, 15) is 4.79 Å². The van der Waals surface area contributed by atoms with Crippen molar-refractivity contribution in [2.45, 2.75) is 6.04 Å². The summed E-state index contributed by atoms with van der Waals surface area (Å²) in [5.74, 6) is 0.259. The molecule has 1 N–H and O–H groups in total. The Morgan fingerprint density at radius 3 is 2.85 bits per heavy atom. The molecule has 0 amide bonds. The van der Waals surface area contributed by atoms with Crippen molar-refractivity contribution >= 4 is 21.9 Å². The largest absolute Gasteiger partial charge is 0.496 e. The number of hydrogen-bond donors (Lipinski definition) is 1. The molecule has 0 spiro atoms. The van der Waals surface area contributed by atoms with Crippen LogP contribution < -0.4 is 10.1 Å². The van der Waals surface area contributed by atoms with Crippen molar-refractivity contribution < 1.29 is 14.3 Å². The molecule has 1 aromatic carbocycles. The molecule has 0 fully saturated rings. The van der Waals surface area contributed by atoms with Gasteiger partial charge < -0.3 is 14.8 Å². The van der Waals surface area contributed by atoms with Crippen molar-refractivity contribution in [3.63, 3.8) is 0 Å². The lowest BCUT2D eigenvalue weighted by molar-refractivity contribution is -0.143. The molecule has 108 valence electrons. The van der Waals surface area contributed by atoms with E-state index in [1.165, 1.54) is 7.11 Å². The second kappa shape index (κ2) is 8.42. The first-order chi connectivity index (χ1) is 9.63. The molecule has 0 saturated carbocycles. The minimum Gasteiger partial charge on any atom is -0.496 e. The standard InChI is InChI=1S/C12H15BrN4O3/c1-19-10-4-3-8(7-9(10)13)11(12(18)20-2)15-5-6-16-17-14/h3-4,7,11,15H,5-6H2,1-2H3. The molecule has 0 heterocycles. The molecule has 7 nitrogen and oxygen atoms in total. The molecule has 8 heteroatoms. The van der Waals surface area contributed by atoms with E-state index in [0.717, 1.165) is 10.0 Å². The highest BCUT2D eigenvalue weighted by molar-refractivity contribution is 9.10. The van der Waals surface area contributed by atoms with Gasteiger partial charge in [-0.3, -0.25) is 0 Å². The monoisotopic (exact) mass is 342 g/mol. The number of rotatable bonds is 7. The number of nitrogens with one attached hydrogen (secondary N) is 1. The lowest BCUT2D eigenvalue weighted by Crippen LogP contribution is -2.31. The second-order valence-electron chi connectivity index (χ2n) is 3.76. The van der Waals surface area contributed by atoms with Crippen molar-refractivity contribution in [3.8, 4) is 5.75 Å². The summed E-state index contributed by atoms with van der Waals surface area (Å²) in [6.07, 6.45) is 0. The molecular formula is C12H15BrN4O3. The minimum absolute atomic E-state index is 0.251. The van der Waals surface area contributed by atoms with Crippen LogP contribution in [-0.2, 0) is 9.53 Å². The Balaban J connectivity index is 2.89. The SMILES string of the molecule is COC(=O)C(NCCN=[N+]=[N-])c1ccc(OC)c(Br)c1. The van der Waals surface area contributed by atoms with E-state index < -0.39 is 12.0 Å². The topological polar surface area (TPSA) is 96.3 Å². The minimum atomic E-state index is -0.629. The third-order valence-electron chi connectivity index (χ3n) is 2.57. The normalized spacial score (nSPS) is 11.3. The maximum atomic E-state index is 11.8. The van der Waals surface area contributed by atoms with Crippen molar-refractivity contribution in [2.24, 2.45) is 5.11 Å². The number of ether oxygens (including phenoxy) is 2. The van der Waals surface area contributed by atoms with Crippen LogP contribution in [0.5, 0.6) is 5.75 Å². The first kappa shape index (κ1) is 16.3. The summed E-state index contributed by atoms with van der Waals surface area (Å²) in [5.41, 5.74) is 8.94. The Morgan fingerprint density at radius 2 is 2.30 bits per heavy atom. The number of methoxy groups -OCH3 is 2. The molecule has 0 aliphatic carbocycles. The molecule has 0 saturated heterocycles. The van der Waals surface area contributed by atoms with Crippen LogP contribution in [0.3, 0.4) is 0 Å². The van der Waals surface area contributed by atoms with Crippen molar-refractivity contribution in [3.05, 3.63) is 38.7 Å². The summed E-state index contributed by atoms with van der Waals surface area (Å²) >= 11 is 3.37. The van der Waals surface area contributed by atoms with Gasteiger partial charge in [0.15, 0.2) is 0 Å². The lowest BCUT2D eigenvalue weighted by atomic mass is 10.1. The third-order valence-corrected chi connectivity index (χ3v) is 3.19. The number of esters is 1. The first-order valence-corrected chi connectivity index (χ1v) is 6.58. The van der Waals surface area contributed by atoms with Crippen molar-refractivity contribution in [2.75, 3.05) is 27.3 Å². The van der Waals surface area contributed by atoms with Crippen LogP contribution in [-0.4, -0.2) is 33.3 Å². The van der Waals surface area contributed by atoms with Crippen molar-refractivity contribution in [1.29, 1.82) is 0 Å². The van der Waals surface area contributed by atoms with Crippen LogP contribution in [0.1, 0.15) is 11.6 Å². The van der Waals surface area contributed by atoms with Crippen LogP contribution in [0.25, 0.3) is 10.4 Å². The van der Waals surface area contributed by atoms with Gasteiger partial charge in [-0.2, -0.15) is 0 Å². The summed E-state index contributed by atoms with van der Waals surface area (Å²) in [7, 11) is 2.89. The summed E-state index contributed by atoms with van der Waals surface area (Å²) in [6.45, 7) is 0.620. The Labute approximate surface area is 125 Å². The van der Waals surface area contributed by atoms with Gasteiger partial charge in [0.25, 0.3) is 0 Å². The molecule has 0 aliphatic heterocycles. The molecular weight excluding hydrogens is 328 g/mol. The van der Waals surface area contributed by atoms with Gasteiger partial charge in [-0.25, -0.2) is 4.79 Å². The number of halogens is 1. The lowest BCUT2D eigenvalue weighted by Gasteiger charge is -2.17. The Hall–Kier alpha value is -1.76. The molecule has 1 atom stereocenters. The van der Waals surface area contributed by atoms with Gasteiger partial charge in [0, 0.05) is 18.0 Å². The van der Waals surface area contributed by atoms with E-state index in [0.29, 0.717) is 12.3 Å². The Bertz CT molecular complexity index is 517. The maximum Gasteiger partial charge on any atom is 0.327 e. The van der Waals surface area contributed by atoms with E-state index in [4.69, 9.17) is 15.0 Å². The predicted octanol–water partition coefficient (Wildman–Crippen LogP) is 2.57. The highest BCUT2D eigenvalue weighted by Crippen LogP contribution is 2.28. The highest BCUT2D eigenvalue weighted by atomic mass is 79.9. The highest BCUT2D eigenvalue weighted by Gasteiger charge is 2.21. The molecule has 20 heavy (non-hydrogen) atoms. The van der Waals surface area contributed by atoms with Gasteiger partial charge in [0.2, 0.25) is 0 Å². The van der Waals surface area contributed by atoms with E-state index in [1.54, 1.807) is 25.3 Å². The van der Waals surface area contributed by atoms with Gasteiger partial charge in [-0.1, -0.05) is 11.2 Å². The summed E-state index contributed by atoms with van der Waals surface area (Å²) < 4.78 is 10.6. The number of benzene rings is 1. The third kappa shape index (κ3) is 4.41. The first-order valence-electron chi connectivity index (χ1n) is 5.79. The van der Waals surface area contributed by atoms with Crippen LogP contribution in [0.4, 0.5) is 0 Å². The fourth-order valence-corrected chi connectivity index (χ4v) is 2.18. The summed E-state index contributed by atoms with van der Waals surface area (Å²) in [4.78, 5) is 14.5. The van der Waals surface area contributed by atoms with Crippen LogP contribution in [0, 0.1) is 0 Å². The number of azide groups is 1. The molecule has 0 radical (unpaired) electrons. The quantitative estimate of drug-likeness (QED) is 0.271. The zero-order valence-corrected chi connectivity index (χ0v) is 12.8. The molecule has 1 unspecified atom stereocenters. The molecule has 0 aromatic heterocycles. The fourth-order valence-electron chi connectivity index (χ4n) is 1.62. The smallest absolute Gasteiger partial charge is 0.327 e. The van der Waals surface area contributed by atoms with Gasteiger partial charge >= 0.3 is 5.97 Å². The zero-order chi connectivity index (χ0) is 15.0. The second-order valence-corrected chi connectivity index (χ2v) is 4.61. The van der Waals surface area contributed by atoms with E-state index in [2.05, 4.69) is 31.3 Å². The van der Waals surface area contributed by atoms with Gasteiger partial charge in [-0.15, -0.1) is 0 Å². The summed E-state index contributed by atoms with van der Waals surface area (Å²) in [6, 6.07) is 4.67. The number of carbonyl (C=O) groups excluding carboxylic acids is 1. The maximum absolute atomic E-state index is 11.8. The molecule has 0 aliphatic rings. The van der Waals surface area contributed by atoms with Crippen LogP contribution in [0.2, 0.25) is 0 Å². The van der Waals surface area contributed by atoms with Gasteiger partial charge in [0.1, 0.15) is 11.8 Å². The average molecular weight is 343 g/mol. The zero-order valence-electron chi connectivity index (χ0n) is 11.2. The number of carbonyl (C=O) groups is 1. The van der Waals surface area contributed by atoms with E-state index in [-0.39, 0.29) is 6.54 Å². The van der Waals surface area contributed by atoms with Crippen LogP contribution >= 0.6 is 15.9 Å².